The number of esters is 1. The lowest BCUT2D eigenvalue weighted by molar-refractivity contribution is -0.119. The van der Waals surface area contributed by atoms with Gasteiger partial charge in [-0.05, 0) is 43.3 Å². The highest BCUT2D eigenvalue weighted by Gasteiger charge is 2.14. The summed E-state index contributed by atoms with van der Waals surface area (Å²) in [5.74, 6) is 0.359. The maximum absolute atomic E-state index is 12.5. The lowest BCUT2D eigenvalue weighted by Crippen LogP contribution is -2.20. The summed E-state index contributed by atoms with van der Waals surface area (Å²) >= 11 is 1.31. The van der Waals surface area contributed by atoms with Crippen LogP contribution < -0.4 is 10.1 Å². The molecule has 0 fully saturated rings. The van der Waals surface area contributed by atoms with E-state index in [-0.39, 0.29) is 0 Å². The second kappa shape index (κ2) is 8.95. The zero-order valence-electron chi connectivity index (χ0n) is 18.4. The Kier molecular flexibility index (Phi) is 5.69. The van der Waals surface area contributed by atoms with E-state index >= 15 is 0 Å². The fourth-order valence-corrected chi connectivity index (χ4v) is 4.35. The van der Waals surface area contributed by atoms with Crippen LogP contribution in [0.2, 0.25) is 0 Å². The first-order valence-corrected chi connectivity index (χ1v) is 11.3. The molecule has 0 bridgehead atoms. The fourth-order valence-electron chi connectivity index (χ4n) is 3.44. The molecule has 0 radical (unpaired) electrons. The number of thiazole rings is 1. The minimum atomic E-state index is -0.599. The Morgan fingerprint density at radius 1 is 1.00 bits per heavy atom. The molecular weight excluding hydrogens is 452 g/mol. The molecule has 9 heteroatoms. The van der Waals surface area contributed by atoms with Gasteiger partial charge in [-0.15, -0.1) is 0 Å². The standard InChI is InChI=1S/C25H20N4O4S/c1-14-3-5-15(6-4-14)23-26-18-9-7-16(11-20(18)27-23)24(31)33-13-22(30)29-25-28-19-10-8-17(32-2)12-21(19)34-25/h3-12H,13H2,1-2H3,(H,26,27)(H,28,29,30). The zero-order chi connectivity index (χ0) is 23.7. The molecule has 0 saturated heterocycles. The van der Waals surface area contributed by atoms with Crippen molar-refractivity contribution in [2.45, 2.75) is 6.92 Å². The van der Waals surface area contributed by atoms with Crippen LogP contribution in [0.5, 0.6) is 5.75 Å². The van der Waals surface area contributed by atoms with Gasteiger partial charge < -0.3 is 14.5 Å². The summed E-state index contributed by atoms with van der Waals surface area (Å²) in [6.45, 7) is 1.60. The first-order chi connectivity index (χ1) is 16.5. The molecule has 8 nitrogen and oxygen atoms in total. The fraction of sp³-hybridized carbons (Fsp3) is 0.120. The maximum atomic E-state index is 12.5. The number of ether oxygens (including phenoxy) is 2. The van der Waals surface area contributed by atoms with Gasteiger partial charge in [-0.1, -0.05) is 41.2 Å². The molecule has 2 heterocycles. The number of hydrogen-bond donors (Lipinski definition) is 2. The number of anilines is 1. The summed E-state index contributed by atoms with van der Waals surface area (Å²) in [7, 11) is 1.59. The van der Waals surface area contributed by atoms with Gasteiger partial charge in [0.25, 0.3) is 5.91 Å². The average Bonchev–Trinajstić information content (AvgIpc) is 3.45. The molecule has 2 N–H and O–H groups in total. The minimum absolute atomic E-state index is 0.325. The van der Waals surface area contributed by atoms with Crippen molar-refractivity contribution >= 4 is 49.6 Å². The van der Waals surface area contributed by atoms with E-state index in [9.17, 15) is 9.59 Å². The molecular formula is C25H20N4O4S. The molecule has 0 aliphatic rings. The molecule has 0 saturated carbocycles. The summed E-state index contributed by atoms with van der Waals surface area (Å²) in [5, 5.41) is 3.09. The first-order valence-electron chi connectivity index (χ1n) is 10.5. The van der Waals surface area contributed by atoms with E-state index < -0.39 is 18.5 Å². The van der Waals surface area contributed by atoms with Crippen molar-refractivity contribution in [2.75, 3.05) is 19.0 Å². The Morgan fingerprint density at radius 2 is 1.79 bits per heavy atom. The van der Waals surface area contributed by atoms with E-state index in [1.807, 2.05) is 43.3 Å². The van der Waals surface area contributed by atoms with E-state index in [0.29, 0.717) is 27.8 Å². The first kappa shape index (κ1) is 21.6. The molecule has 5 rings (SSSR count). The van der Waals surface area contributed by atoms with Crippen LogP contribution in [0.1, 0.15) is 15.9 Å². The minimum Gasteiger partial charge on any atom is -0.497 e. The SMILES string of the molecule is COc1ccc2nc(NC(=O)COC(=O)c3ccc4nc(-c5ccc(C)cc5)[nH]c4c3)sc2c1. The molecule has 170 valence electrons. The number of nitrogens with one attached hydrogen (secondary N) is 2. The van der Waals surface area contributed by atoms with Gasteiger partial charge in [0.05, 0.1) is 33.9 Å². The smallest absolute Gasteiger partial charge is 0.338 e. The topological polar surface area (TPSA) is 106 Å². The number of methoxy groups -OCH3 is 1. The summed E-state index contributed by atoms with van der Waals surface area (Å²) in [4.78, 5) is 37.0. The van der Waals surface area contributed by atoms with Gasteiger partial charge in [0.15, 0.2) is 11.7 Å². The Hall–Kier alpha value is -4.24. The highest BCUT2D eigenvalue weighted by atomic mass is 32.1. The van der Waals surface area contributed by atoms with Gasteiger partial charge in [0, 0.05) is 5.56 Å². The van der Waals surface area contributed by atoms with E-state index in [1.54, 1.807) is 31.4 Å². The van der Waals surface area contributed by atoms with E-state index in [0.717, 1.165) is 26.9 Å². The second-order valence-electron chi connectivity index (χ2n) is 7.66. The number of carbonyl (C=O) groups excluding carboxylic acids is 2. The third-order valence-electron chi connectivity index (χ3n) is 5.22. The van der Waals surface area contributed by atoms with Crippen LogP contribution in [0.25, 0.3) is 32.6 Å². The van der Waals surface area contributed by atoms with Crippen LogP contribution in [0, 0.1) is 6.92 Å². The van der Waals surface area contributed by atoms with Crippen molar-refractivity contribution < 1.29 is 19.1 Å². The summed E-state index contributed by atoms with van der Waals surface area (Å²) in [5.41, 5.74) is 4.63. The van der Waals surface area contributed by atoms with Gasteiger partial charge in [-0.25, -0.2) is 14.8 Å². The Labute approximate surface area is 198 Å². The largest absolute Gasteiger partial charge is 0.497 e. The molecule has 0 spiro atoms. The Morgan fingerprint density at radius 3 is 2.59 bits per heavy atom. The number of fused-ring (bicyclic) bond motifs is 2. The molecule has 3 aromatic carbocycles. The number of H-pyrrole nitrogens is 1. The number of carbonyl (C=O) groups is 2. The molecule has 0 atom stereocenters. The van der Waals surface area contributed by atoms with Gasteiger partial charge >= 0.3 is 5.97 Å². The molecule has 0 unspecified atom stereocenters. The third kappa shape index (κ3) is 4.46. The van der Waals surface area contributed by atoms with Crippen LogP contribution in [-0.2, 0) is 9.53 Å². The number of hydrogen-bond acceptors (Lipinski definition) is 7. The zero-order valence-corrected chi connectivity index (χ0v) is 19.2. The lowest BCUT2D eigenvalue weighted by atomic mass is 10.1. The molecule has 2 aromatic heterocycles. The Balaban J connectivity index is 1.23. The van der Waals surface area contributed by atoms with Crippen molar-refractivity contribution in [1.29, 1.82) is 0 Å². The number of benzene rings is 3. The Bertz CT molecular complexity index is 1520. The van der Waals surface area contributed by atoms with E-state index in [2.05, 4.69) is 20.3 Å². The van der Waals surface area contributed by atoms with E-state index in [1.165, 1.54) is 11.3 Å². The van der Waals surface area contributed by atoms with E-state index in [4.69, 9.17) is 9.47 Å². The van der Waals surface area contributed by atoms with Crippen molar-refractivity contribution in [2.24, 2.45) is 0 Å². The van der Waals surface area contributed by atoms with Crippen molar-refractivity contribution in [3.63, 3.8) is 0 Å². The third-order valence-corrected chi connectivity index (χ3v) is 6.15. The predicted molar refractivity (Wildman–Crippen MR) is 131 cm³/mol. The van der Waals surface area contributed by atoms with Gasteiger partial charge in [-0.2, -0.15) is 0 Å². The second-order valence-corrected chi connectivity index (χ2v) is 8.69. The number of aromatic amines is 1. The van der Waals surface area contributed by atoms with Crippen LogP contribution in [-0.4, -0.2) is 40.5 Å². The highest BCUT2D eigenvalue weighted by Crippen LogP contribution is 2.29. The highest BCUT2D eigenvalue weighted by molar-refractivity contribution is 7.22. The number of rotatable bonds is 6. The number of nitrogens with zero attached hydrogens (tertiary/aromatic N) is 2. The monoisotopic (exact) mass is 472 g/mol. The number of aromatic nitrogens is 3. The van der Waals surface area contributed by atoms with Gasteiger partial charge in [0.2, 0.25) is 0 Å². The quantitative estimate of drug-likeness (QED) is 0.339. The maximum Gasteiger partial charge on any atom is 0.338 e. The number of imidazole rings is 1. The summed E-state index contributed by atoms with van der Waals surface area (Å²) in [6, 6.07) is 18.5. The molecule has 0 aliphatic carbocycles. The number of aryl methyl sites for hydroxylation is 1. The molecule has 0 aliphatic heterocycles. The summed E-state index contributed by atoms with van der Waals surface area (Å²) < 4.78 is 11.3. The van der Waals surface area contributed by atoms with Crippen molar-refractivity contribution in [3.05, 3.63) is 71.8 Å². The van der Waals surface area contributed by atoms with Crippen LogP contribution in [0.4, 0.5) is 5.13 Å². The van der Waals surface area contributed by atoms with Crippen LogP contribution >= 0.6 is 11.3 Å². The summed E-state index contributed by atoms with van der Waals surface area (Å²) in [6.07, 6.45) is 0. The normalized spacial score (nSPS) is 11.0. The predicted octanol–water partition coefficient (Wildman–Crippen LogP) is 4.95. The average molecular weight is 473 g/mol. The van der Waals surface area contributed by atoms with Crippen LogP contribution in [0.3, 0.4) is 0 Å². The molecule has 5 aromatic rings. The van der Waals surface area contributed by atoms with Gasteiger partial charge in [0.1, 0.15) is 11.6 Å². The van der Waals surface area contributed by atoms with Gasteiger partial charge in [-0.3, -0.25) is 10.1 Å². The van der Waals surface area contributed by atoms with Crippen molar-refractivity contribution in [3.8, 4) is 17.1 Å². The molecule has 1 amide bonds. The lowest BCUT2D eigenvalue weighted by Gasteiger charge is -2.04. The van der Waals surface area contributed by atoms with Crippen molar-refractivity contribution in [1.82, 2.24) is 15.0 Å². The van der Waals surface area contributed by atoms with Crippen LogP contribution in [0.15, 0.2) is 60.7 Å². The molecule has 34 heavy (non-hydrogen) atoms. The number of amides is 1.